The molecule has 1 N–H and O–H groups in total. The quantitative estimate of drug-likeness (QED) is 0.829. The van der Waals surface area contributed by atoms with E-state index in [0.29, 0.717) is 24.2 Å². The lowest BCUT2D eigenvalue weighted by atomic mass is 9.99. The highest BCUT2D eigenvalue weighted by molar-refractivity contribution is 5.96. The van der Waals surface area contributed by atoms with Gasteiger partial charge in [-0.3, -0.25) is 9.59 Å². The third-order valence-electron chi connectivity index (χ3n) is 5.20. The molecule has 1 fully saturated rings. The molecule has 1 aliphatic heterocycles. The molecular formula is C22H26FN3O2. The molecule has 0 saturated carbocycles. The van der Waals surface area contributed by atoms with Crippen LogP contribution in [0.15, 0.2) is 42.5 Å². The molecule has 1 unspecified atom stereocenters. The molecule has 28 heavy (non-hydrogen) atoms. The number of carbonyl (C=O) groups is 2. The molecule has 1 atom stereocenters. The maximum Gasteiger partial charge on any atom is 0.272 e. The molecule has 2 amide bonds. The molecule has 2 heterocycles. The van der Waals surface area contributed by atoms with Gasteiger partial charge in [-0.15, -0.1) is 0 Å². The van der Waals surface area contributed by atoms with Gasteiger partial charge < -0.3 is 10.2 Å². The number of rotatable bonds is 6. The first kappa shape index (κ1) is 20.0. The first-order chi connectivity index (χ1) is 13.6. The molecule has 1 saturated heterocycles. The summed E-state index contributed by atoms with van der Waals surface area (Å²) in [5.74, 6) is -0.765. The predicted octanol–water partition coefficient (Wildman–Crippen LogP) is 3.60. The van der Waals surface area contributed by atoms with Crippen molar-refractivity contribution in [3.05, 3.63) is 65.2 Å². The number of nitrogens with zero attached hydrogens (tertiary/aromatic N) is 2. The predicted molar refractivity (Wildman–Crippen MR) is 106 cm³/mol. The summed E-state index contributed by atoms with van der Waals surface area (Å²) in [4.78, 5) is 31.4. The van der Waals surface area contributed by atoms with Gasteiger partial charge in [-0.2, -0.15) is 0 Å². The summed E-state index contributed by atoms with van der Waals surface area (Å²) in [6.45, 7) is 3.12. The number of pyridine rings is 1. The van der Waals surface area contributed by atoms with E-state index < -0.39 is 0 Å². The van der Waals surface area contributed by atoms with Gasteiger partial charge in [0.2, 0.25) is 0 Å². The molecule has 0 radical (unpaired) electrons. The fourth-order valence-electron chi connectivity index (χ4n) is 3.62. The zero-order valence-corrected chi connectivity index (χ0v) is 16.2. The van der Waals surface area contributed by atoms with Crippen LogP contribution >= 0.6 is 0 Å². The van der Waals surface area contributed by atoms with E-state index in [0.717, 1.165) is 32.2 Å². The van der Waals surface area contributed by atoms with Gasteiger partial charge in [0.05, 0.1) is 0 Å². The summed E-state index contributed by atoms with van der Waals surface area (Å²) in [7, 11) is 0. The second kappa shape index (κ2) is 9.44. The summed E-state index contributed by atoms with van der Waals surface area (Å²) in [5, 5.41) is 2.75. The van der Waals surface area contributed by atoms with E-state index in [2.05, 4.69) is 17.2 Å². The topological polar surface area (TPSA) is 62.3 Å². The van der Waals surface area contributed by atoms with Gasteiger partial charge in [0.25, 0.3) is 11.8 Å². The zero-order valence-electron chi connectivity index (χ0n) is 16.2. The lowest BCUT2D eigenvalue weighted by Gasteiger charge is -2.35. The maximum atomic E-state index is 13.6. The van der Waals surface area contributed by atoms with Crippen LogP contribution in [0.4, 0.5) is 4.39 Å². The molecule has 0 spiro atoms. The Kier molecular flexibility index (Phi) is 6.74. The Morgan fingerprint density at radius 1 is 1.14 bits per heavy atom. The van der Waals surface area contributed by atoms with Gasteiger partial charge >= 0.3 is 0 Å². The minimum absolute atomic E-state index is 0.118. The summed E-state index contributed by atoms with van der Waals surface area (Å²) >= 11 is 0. The van der Waals surface area contributed by atoms with Crippen LogP contribution in [0.3, 0.4) is 0 Å². The van der Waals surface area contributed by atoms with Crippen molar-refractivity contribution in [1.82, 2.24) is 15.2 Å². The zero-order chi connectivity index (χ0) is 19.9. The van der Waals surface area contributed by atoms with E-state index in [1.165, 1.54) is 6.07 Å². The van der Waals surface area contributed by atoms with Crippen molar-refractivity contribution >= 4 is 11.8 Å². The molecule has 0 bridgehead atoms. The Morgan fingerprint density at radius 2 is 1.93 bits per heavy atom. The largest absolute Gasteiger partial charge is 0.350 e. The first-order valence-corrected chi connectivity index (χ1v) is 9.89. The number of likely N-dealkylation sites (tertiary alicyclic amines) is 1. The van der Waals surface area contributed by atoms with Gasteiger partial charge in [-0.25, -0.2) is 9.37 Å². The third kappa shape index (κ3) is 4.74. The summed E-state index contributed by atoms with van der Waals surface area (Å²) in [6.07, 6.45) is 4.46. The van der Waals surface area contributed by atoms with Crippen molar-refractivity contribution in [2.75, 3.05) is 13.1 Å². The van der Waals surface area contributed by atoms with Crippen LogP contribution in [0.1, 0.15) is 59.1 Å². The molecule has 5 nitrogen and oxygen atoms in total. The minimum atomic E-state index is -0.364. The van der Waals surface area contributed by atoms with Gasteiger partial charge in [0.15, 0.2) is 0 Å². The van der Waals surface area contributed by atoms with Crippen molar-refractivity contribution in [3.8, 4) is 0 Å². The Morgan fingerprint density at radius 3 is 2.71 bits per heavy atom. The number of aromatic nitrogens is 1. The second-order valence-electron chi connectivity index (χ2n) is 7.06. The van der Waals surface area contributed by atoms with Crippen molar-refractivity contribution in [2.45, 2.75) is 45.1 Å². The van der Waals surface area contributed by atoms with Crippen LogP contribution in [0, 0.1) is 5.82 Å². The normalized spacial score (nSPS) is 16.6. The summed E-state index contributed by atoms with van der Waals surface area (Å²) in [6, 6.07) is 11.6. The number of piperidine rings is 1. The van der Waals surface area contributed by atoms with E-state index in [-0.39, 0.29) is 29.4 Å². The van der Waals surface area contributed by atoms with Crippen LogP contribution in [-0.4, -0.2) is 40.8 Å². The average molecular weight is 383 g/mol. The standard InChI is InChI=1S/C22H26FN3O2/c1-2-17-9-5-6-15-26(17)22(28)20-12-7-11-19(25-20)21(27)24-14-13-16-8-3-4-10-18(16)23/h3-4,7-8,10-12,17H,2,5-6,9,13-15H2,1H3,(H,24,27). The molecule has 2 aromatic rings. The fraction of sp³-hybridized carbons (Fsp3) is 0.409. The molecule has 1 aliphatic rings. The Hall–Kier alpha value is -2.76. The van der Waals surface area contributed by atoms with E-state index in [1.54, 1.807) is 36.4 Å². The number of benzene rings is 1. The maximum absolute atomic E-state index is 13.6. The molecule has 1 aromatic heterocycles. The summed E-state index contributed by atoms with van der Waals surface area (Å²) < 4.78 is 13.6. The van der Waals surface area contributed by atoms with Crippen LogP contribution in [0.25, 0.3) is 0 Å². The third-order valence-corrected chi connectivity index (χ3v) is 5.20. The highest BCUT2D eigenvalue weighted by Gasteiger charge is 2.27. The molecule has 0 aliphatic carbocycles. The second-order valence-corrected chi connectivity index (χ2v) is 7.06. The minimum Gasteiger partial charge on any atom is -0.350 e. The molecular weight excluding hydrogens is 357 g/mol. The van der Waals surface area contributed by atoms with Gasteiger partial charge in [-0.05, 0) is 55.9 Å². The number of carbonyl (C=O) groups excluding carboxylic acids is 2. The number of hydrogen-bond acceptors (Lipinski definition) is 3. The highest BCUT2D eigenvalue weighted by Crippen LogP contribution is 2.21. The molecule has 148 valence electrons. The van der Waals surface area contributed by atoms with Gasteiger partial charge in [-0.1, -0.05) is 31.2 Å². The molecule has 1 aromatic carbocycles. The molecule has 6 heteroatoms. The van der Waals surface area contributed by atoms with Crippen molar-refractivity contribution in [3.63, 3.8) is 0 Å². The van der Waals surface area contributed by atoms with Crippen LogP contribution in [0.2, 0.25) is 0 Å². The number of amides is 2. The summed E-state index contributed by atoms with van der Waals surface area (Å²) in [5.41, 5.74) is 1.04. The van der Waals surface area contributed by atoms with E-state index in [4.69, 9.17) is 0 Å². The van der Waals surface area contributed by atoms with Crippen LogP contribution in [0.5, 0.6) is 0 Å². The molecule has 3 rings (SSSR count). The van der Waals surface area contributed by atoms with Crippen molar-refractivity contribution in [1.29, 1.82) is 0 Å². The lowest BCUT2D eigenvalue weighted by Crippen LogP contribution is -2.43. The van der Waals surface area contributed by atoms with Gasteiger partial charge in [0.1, 0.15) is 17.2 Å². The first-order valence-electron chi connectivity index (χ1n) is 9.89. The van der Waals surface area contributed by atoms with Gasteiger partial charge in [0, 0.05) is 19.1 Å². The number of hydrogen-bond donors (Lipinski definition) is 1. The van der Waals surface area contributed by atoms with Crippen LogP contribution < -0.4 is 5.32 Å². The Balaban J connectivity index is 1.62. The highest BCUT2D eigenvalue weighted by atomic mass is 19.1. The van der Waals surface area contributed by atoms with Crippen LogP contribution in [-0.2, 0) is 6.42 Å². The van der Waals surface area contributed by atoms with E-state index in [9.17, 15) is 14.0 Å². The Bertz CT molecular complexity index is 840. The lowest BCUT2D eigenvalue weighted by molar-refractivity contribution is 0.0602. The average Bonchev–Trinajstić information content (AvgIpc) is 2.74. The monoisotopic (exact) mass is 383 g/mol. The smallest absolute Gasteiger partial charge is 0.272 e. The number of nitrogens with one attached hydrogen (secondary N) is 1. The van der Waals surface area contributed by atoms with E-state index >= 15 is 0 Å². The van der Waals surface area contributed by atoms with Crippen molar-refractivity contribution in [2.24, 2.45) is 0 Å². The van der Waals surface area contributed by atoms with Crippen molar-refractivity contribution < 1.29 is 14.0 Å². The number of halogens is 1. The fourth-order valence-corrected chi connectivity index (χ4v) is 3.62. The van der Waals surface area contributed by atoms with E-state index in [1.807, 2.05) is 4.90 Å². The Labute approximate surface area is 165 Å². The SMILES string of the molecule is CCC1CCCCN1C(=O)c1cccc(C(=O)NCCc2ccccc2F)n1.